The Hall–Kier alpha value is -3.47. The average molecular weight is 411 g/mol. The molecule has 1 saturated carbocycles. The van der Waals surface area contributed by atoms with E-state index in [9.17, 15) is 4.79 Å². The first kappa shape index (κ1) is 19.5. The molecule has 1 amide bonds. The second-order valence-electron chi connectivity index (χ2n) is 8.42. The van der Waals surface area contributed by atoms with E-state index in [1.165, 1.54) is 5.56 Å². The largest absolute Gasteiger partial charge is 0.351 e. The summed E-state index contributed by atoms with van der Waals surface area (Å²) in [6.45, 7) is 4.66. The highest BCUT2D eigenvalue weighted by atomic mass is 16.1. The van der Waals surface area contributed by atoms with Gasteiger partial charge in [-0.25, -0.2) is 9.67 Å². The van der Waals surface area contributed by atoms with Gasteiger partial charge in [-0.15, -0.1) is 0 Å². The van der Waals surface area contributed by atoms with E-state index in [-0.39, 0.29) is 11.8 Å². The Kier molecular flexibility index (Phi) is 5.02. The molecule has 0 spiro atoms. The number of pyridine rings is 1. The molecule has 1 fully saturated rings. The van der Waals surface area contributed by atoms with E-state index in [1.807, 2.05) is 66.2 Å². The van der Waals surface area contributed by atoms with Crippen molar-refractivity contribution in [1.82, 2.24) is 20.1 Å². The molecule has 0 aliphatic heterocycles. The Morgan fingerprint density at radius 1 is 1.10 bits per heavy atom. The van der Waals surface area contributed by atoms with Crippen LogP contribution in [0.25, 0.3) is 16.7 Å². The topological polar surface area (TPSA) is 59.8 Å². The molecular weight excluding hydrogens is 384 g/mol. The van der Waals surface area contributed by atoms with Crippen LogP contribution in [0, 0.1) is 6.92 Å². The summed E-state index contributed by atoms with van der Waals surface area (Å²) in [5, 5.41) is 8.72. The number of aryl methyl sites for hydroxylation is 1. The van der Waals surface area contributed by atoms with Gasteiger partial charge in [-0.3, -0.25) is 4.79 Å². The molecule has 1 N–H and O–H groups in total. The van der Waals surface area contributed by atoms with Crippen molar-refractivity contribution in [1.29, 1.82) is 0 Å². The normalized spacial score (nSPS) is 14.5. The number of para-hydroxylation sites is 1. The van der Waals surface area contributed by atoms with E-state index in [0.717, 1.165) is 41.0 Å². The molecule has 5 rings (SSSR count). The number of carbonyl (C=O) groups is 1. The van der Waals surface area contributed by atoms with E-state index in [1.54, 1.807) is 0 Å². The highest BCUT2D eigenvalue weighted by Crippen LogP contribution is 2.40. The molecule has 156 valence electrons. The third-order valence-electron chi connectivity index (χ3n) is 6.01. The lowest BCUT2D eigenvalue weighted by Gasteiger charge is -2.14. The molecular formula is C26H26N4O. The van der Waals surface area contributed by atoms with Gasteiger partial charge in [0.15, 0.2) is 5.65 Å². The number of aromatic nitrogens is 3. The van der Waals surface area contributed by atoms with Crippen molar-refractivity contribution in [2.45, 2.75) is 38.5 Å². The van der Waals surface area contributed by atoms with E-state index >= 15 is 0 Å². The van der Waals surface area contributed by atoms with Crippen molar-refractivity contribution in [3.05, 3.63) is 89.2 Å². The van der Waals surface area contributed by atoms with Gasteiger partial charge < -0.3 is 5.32 Å². The summed E-state index contributed by atoms with van der Waals surface area (Å²) >= 11 is 0. The lowest BCUT2D eigenvalue weighted by atomic mass is 10.0. The van der Waals surface area contributed by atoms with Crippen LogP contribution in [0.5, 0.6) is 0 Å². The van der Waals surface area contributed by atoms with E-state index in [4.69, 9.17) is 10.1 Å². The maximum atomic E-state index is 13.3. The summed E-state index contributed by atoms with van der Waals surface area (Å²) in [5.41, 5.74) is 5.40. The van der Waals surface area contributed by atoms with Crippen molar-refractivity contribution in [2.24, 2.45) is 0 Å². The van der Waals surface area contributed by atoms with Gasteiger partial charge in [0.05, 0.1) is 22.3 Å². The van der Waals surface area contributed by atoms with Gasteiger partial charge in [-0.2, -0.15) is 5.10 Å². The lowest BCUT2D eigenvalue weighted by molar-refractivity contribution is 0.0953. The highest BCUT2D eigenvalue weighted by molar-refractivity contribution is 6.06. The first-order chi connectivity index (χ1) is 15.1. The van der Waals surface area contributed by atoms with E-state index in [2.05, 4.69) is 24.4 Å². The molecule has 0 saturated heterocycles. The van der Waals surface area contributed by atoms with Gasteiger partial charge in [0, 0.05) is 18.2 Å². The Morgan fingerprint density at radius 2 is 1.77 bits per heavy atom. The van der Waals surface area contributed by atoms with Crippen LogP contribution in [0.2, 0.25) is 0 Å². The van der Waals surface area contributed by atoms with Crippen LogP contribution in [-0.2, 0) is 0 Å². The monoisotopic (exact) mass is 410 g/mol. The number of fused-ring (bicyclic) bond motifs is 1. The zero-order valence-corrected chi connectivity index (χ0v) is 17.9. The molecule has 0 unspecified atom stereocenters. The third-order valence-corrected chi connectivity index (χ3v) is 6.01. The minimum absolute atomic E-state index is 0.0622. The first-order valence-corrected chi connectivity index (χ1v) is 10.9. The fourth-order valence-electron chi connectivity index (χ4n) is 4.07. The number of rotatable bonds is 6. The maximum absolute atomic E-state index is 13.3. The fraction of sp³-hybridized carbons (Fsp3) is 0.269. The summed E-state index contributed by atoms with van der Waals surface area (Å²) in [7, 11) is 0. The average Bonchev–Trinajstić information content (AvgIpc) is 3.61. The van der Waals surface area contributed by atoms with E-state index < -0.39 is 0 Å². The van der Waals surface area contributed by atoms with Crippen LogP contribution < -0.4 is 5.32 Å². The molecule has 31 heavy (non-hydrogen) atoms. The second kappa shape index (κ2) is 7.99. The summed E-state index contributed by atoms with van der Waals surface area (Å²) in [6, 6.07) is 22.2. The van der Waals surface area contributed by atoms with Gasteiger partial charge in [0.1, 0.15) is 0 Å². The standard InChI is InChI=1S/C26H26N4O/c1-17(19-9-5-3-6-10-19)16-27-26(31)22-15-23(20-13-14-20)28-25-24(22)18(2)29-30(25)21-11-7-4-8-12-21/h3-12,15,17,20H,13-14,16H2,1-2H3,(H,27,31)/t17-/m1/s1. The molecule has 2 aromatic heterocycles. The molecule has 0 radical (unpaired) electrons. The number of hydrogen-bond donors (Lipinski definition) is 1. The molecule has 5 heteroatoms. The Balaban J connectivity index is 1.52. The minimum atomic E-state index is -0.0622. The molecule has 2 aromatic carbocycles. The molecule has 1 aliphatic carbocycles. The molecule has 1 atom stereocenters. The summed E-state index contributed by atoms with van der Waals surface area (Å²) in [5.74, 6) is 0.616. The van der Waals surface area contributed by atoms with Crippen molar-refractivity contribution in [2.75, 3.05) is 6.54 Å². The predicted molar refractivity (Wildman–Crippen MR) is 123 cm³/mol. The summed E-state index contributed by atoms with van der Waals surface area (Å²) in [6.07, 6.45) is 2.26. The van der Waals surface area contributed by atoms with Crippen LogP contribution >= 0.6 is 0 Å². The van der Waals surface area contributed by atoms with Crippen molar-refractivity contribution in [3.8, 4) is 5.69 Å². The maximum Gasteiger partial charge on any atom is 0.252 e. The van der Waals surface area contributed by atoms with Crippen LogP contribution in [-0.4, -0.2) is 27.2 Å². The second-order valence-corrected chi connectivity index (χ2v) is 8.42. The van der Waals surface area contributed by atoms with Gasteiger partial charge in [-0.1, -0.05) is 55.5 Å². The first-order valence-electron chi connectivity index (χ1n) is 10.9. The van der Waals surface area contributed by atoms with Crippen LogP contribution in [0.15, 0.2) is 66.7 Å². The smallest absolute Gasteiger partial charge is 0.252 e. The number of nitrogens with one attached hydrogen (secondary N) is 1. The van der Waals surface area contributed by atoms with Crippen molar-refractivity contribution < 1.29 is 4.79 Å². The number of amides is 1. The minimum Gasteiger partial charge on any atom is -0.351 e. The van der Waals surface area contributed by atoms with Gasteiger partial charge >= 0.3 is 0 Å². The SMILES string of the molecule is Cc1nn(-c2ccccc2)c2nc(C3CC3)cc(C(=O)NC[C@@H](C)c3ccccc3)c12. The molecule has 4 aromatic rings. The van der Waals surface area contributed by atoms with E-state index in [0.29, 0.717) is 18.0 Å². The molecule has 2 heterocycles. The zero-order valence-electron chi connectivity index (χ0n) is 17.9. The fourth-order valence-corrected chi connectivity index (χ4v) is 4.07. The highest BCUT2D eigenvalue weighted by Gasteiger charge is 2.29. The quantitative estimate of drug-likeness (QED) is 0.479. The third kappa shape index (κ3) is 3.83. The Morgan fingerprint density at radius 3 is 2.45 bits per heavy atom. The predicted octanol–water partition coefficient (Wildman–Crippen LogP) is 5.14. The van der Waals surface area contributed by atoms with Crippen molar-refractivity contribution >= 4 is 16.9 Å². The van der Waals surface area contributed by atoms with Gasteiger partial charge in [0.2, 0.25) is 0 Å². The van der Waals surface area contributed by atoms with Crippen LogP contribution in [0.3, 0.4) is 0 Å². The molecule has 1 aliphatic rings. The molecule has 5 nitrogen and oxygen atoms in total. The number of hydrogen-bond acceptors (Lipinski definition) is 3. The van der Waals surface area contributed by atoms with Gasteiger partial charge in [0.25, 0.3) is 5.91 Å². The lowest BCUT2D eigenvalue weighted by Crippen LogP contribution is -2.28. The Bertz CT molecular complexity index is 1230. The summed E-state index contributed by atoms with van der Waals surface area (Å²) < 4.78 is 1.86. The summed E-state index contributed by atoms with van der Waals surface area (Å²) in [4.78, 5) is 18.3. The zero-order chi connectivity index (χ0) is 21.4. The van der Waals surface area contributed by atoms with Crippen LogP contribution in [0.1, 0.15) is 58.9 Å². The number of nitrogens with zero attached hydrogens (tertiary/aromatic N) is 3. The van der Waals surface area contributed by atoms with Crippen molar-refractivity contribution in [3.63, 3.8) is 0 Å². The number of carbonyl (C=O) groups excluding carboxylic acids is 1. The van der Waals surface area contributed by atoms with Gasteiger partial charge in [-0.05, 0) is 49.4 Å². The van der Waals surface area contributed by atoms with Crippen LogP contribution in [0.4, 0.5) is 0 Å². The Labute approximate surface area is 182 Å². The number of benzene rings is 2. The molecule has 0 bridgehead atoms.